The first-order valence-electron chi connectivity index (χ1n) is 6.29. The molecule has 1 aromatic rings. The lowest BCUT2D eigenvalue weighted by molar-refractivity contribution is -0.317. The van der Waals surface area contributed by atoms with E-state index in [-0.39, 0.29) is 5.56 Å². The van der Waals surface area contributed by atoms with Crippen LogP contribution in [-0.2, 0) is 9.59 Å². The number of ether oxygens (including phenoxy) is 2. The van der Waals surface area contributed by atoms with E-state index in [1.807, 2.05) is 6.92 Å². The van der Waals surface area contributed by atoms with Gasteiger partial charge in [-0.3, -0.25) is 0 Å². The van der Waals surface area contributed by atoms with Gasteiger partial charge in [-0.1, -0.05) is 6.07 Å². The van der Waals surface area contributed by atoms with Crippen molar-refractivity contribution in [3.05, 3.63) is 23.8 Å². The number of rotatable bonds is 8. The highest BCUT2D eigenvalue weighted by atomic mass is 16.5. The van der Waals surface area contributed by atoms with Crippen molar-refractivity contribution in [1.29, 1.82) is 0 Å². The first kappa shape index (κ1) is 15.8. The fourth-order valence-corrected chi connectivity index (χ4v) is 1.79. The molecule has 1 rings (SSSR count). The number of hydrogen-bond acceptors (Lipinski definition) is 6. The van der Waals surface area contributed by atoms with Gasteiger partial charge in [-0.15, -0.1) is 0 Å². The lowest BCUT2D eigenvalue weighted by Crippen LogP contribution is -2.34. The molecule has 0 fully saturated rings. The van der Waals surface area contributed by atoms with E-state index in [1.165, 1.54) is 12.1 Å². The summed E-state index contributed by atoms with van der Waals surface area (Å²) in [4.78, 5) is 21.7. The number of benzene rings is 1. The van der Waals surface area contributed by atoms with Gasteiger partial charge < -0.3 is 29.3 Å². The maximum atomic E-state index is 11.0. The first-order valence-corrected chi connectivity index (χ1v) is 6.29. The second kappa shape index (κ2) is 7.37. The quantitative estimate of drug-likeness (QED) is 0.634. The van der Waals surface area contributed by atoms with Crippen molar-refractivity contribution >= 4 is 11.9 Å². The summed E-state index contributed by atoms with van der Waals surface area (Å²) in [7, 11) is 0. The van der Waals surface area contributed by atoms with Gasteiger partial charge in [-0.25, -0.2) is 0 Å². The van der Waals surface area contributed by atoms with E-state index in [0.29, 0.717) is 24.7 Å². The van der Waals surface area contributed by atoms with Gasteiger partial charge in [-0.2, -0.15) is 0 Å². The summed E-state index contributed by atoms with van der Waals surface area (Å²) in [6.45, 7) is 4.39. The summed E-state index contributed by atoms with van der Waals surface area (Å²) in [5.74, 6) is -3.36. The molecule has 0 aliphatic heterocycles. The average Bonchev–Trinajstić information content (AvgIpc) is 2.38. The van der Waals surface area contributed by atoms with Gasteiger partial charge >= 0.3 is 0 Å². The predicted molar refractivity (Wildman–Crippen MR) is 66.2 cm³/mol. The van der Waals surface area contributed by atoms with Crippen LogP contribution in [0.4, 0.5) is 0 Å². The van der Waals surface area contributed by atoms with E-state index < -0.39 is 24.3 Å². The minimum atomic E-state index is -1.47. The Morgan fingerprint density at radius 2 is 1.70 bits per heavy atom. The van der Waals surface area contributed by atoms with Crippen molar-refractivity contribution in [2.75, 3.05) is 13.2 Å². The van der Waals surface area contributed by atoms with Gasteiger partial charge in [0.25, 0.3) is 0 Å². The lowest BCUT2D eigenvalue weighted by Gasteiger charge is -2.20. The molecular weight excluding hydrogens is 264 g/mol. The molecule has 0 aromatic heterocycles. The van der Waals surface area contributed by atoms with E-state index in [4.69, 9.17) is 9.47 Å². The second-order valence-electron chi connectivity index (χ2n) is 4.02. The summed E-state index contributed by atoms with van der Waals surface area (Å²) in [5.41, 5.74) is 0.279. The minimum Gasteiger partial charge on any atom is -0.550 e. The summed E-state index contributed by atoms with van der Waals surface area (Å²) in [5, 5.41) is 21.7. The normalized spacial score (nSPS) is 11.7. The molecule has 0 N–H and O–H groups in total. The molecule has 6 heteroatoms. The van der Waals surface area contributed by atoms with E-state index in [9.17, 15) is 19.8 Å². The Labute approximate surface area is 116 Å². The largest absolute Gasteiger partial charge is 0.550 e. The van der Waals surface area contributed by atoms with Gasteiger partial charge in [0.05, 0.1) is 13.2 Å². The lowest BCUT2D eigenvalue weighted by atomic mass is 9.95. The summed E-state index contributed by atoms with van der Waals surface area (Å²) >= 11 is 0. The minimum absolute atomic E-state index is 0.279. The molecule has 1 atom stereocenters. The number of carbonyl (C=O) groups is 2. The maximum Gasteiger partial charge on any atom is 0.161 e. The Hall–Kier alpha value is -2.24. The third kappa shape index (κ3) is 4.15. The SMILES string of the molecule is CCOc1ccc([C@H](CC(=O)[O-])C(=O)[O-])cc1OCC. The fraction of sp³-hybridized carbons (Fsp3) is 0.429. The Balaban J connectivity index is 3.12. The molecule has 0 aliphatic rings. The molecule has 0 heterocycles. The highest BCUT2D eigenvalue weighted by Gasteiger charge is 2.16. The zero-order valence-corrected chi connectivity index (χ0v) is 11.4. The second-order valence-corrected chi connectivity index (χ2v) is 4.02. The molecule has 6 nitrogen and oxygen atoms in total. The Bertz CT molecular complexity index is 483. The van der Waals surface area contributed by atoms with Crippen molar-refractivity contribution in [1.82, 2.24) is 0 Å². The molecule has 0 bridgehead atoms. The molecular formula is C14H16O6-2. The van der Waals surface area contributed by atoms with Crippen LogP contribution in [0, 0.1) is 0 Å². The van der Waals surface area contributed by atoms with Gasteiger partial charge in [0, 0.05) is 17.9 Å². The monoisotopic (exact) mass is 280 g/mol. The number of carboxylic acid groups (broad SMARTS) is 2. The van der Waals surface area contributed by atoms with Crippen LogP contribution in [0.5, 0.6) is 11.5 Å². The molecule has 0 saturated carbocycles. The van der Waals surface area contributed by atoms with Crippen molar-refractivity contribution in [3.8, 4) is 11.5 Å². The average molecular weight is 280 g/mol. The third-order valence-corrected chi connectivity index (χ3v) is 2.63. The molecule has 0 saturated heterocycles. The zero-order valence-electron chi connectivity index (χ0n) is 11.4. The Kier molecular flexibility index (Phi) is 5.83. The number of hydrogen-bond donors (Lipinski definition) is 0. The van der Waals surface area contributed by atoms with Crippen LogP contribution >= 0.6 is 0 Å². The van der Waals surface area contributed by atoms with Crippen LogP contribution in [0.1, 0.15) is 31.7 Å². The van der Waals surface area contributed by atoms with Gasteiger partial charge in [0.1, 0.15) is 0 Å². The molecule has 0 amide bonds. The highest BCUT2D eigenvalue weighted by molar-refractivity contribution is 5.80. The molecule has 110 valence electrons. The fourth-order valence-electron chi connectivity index (χ4n) is 1.79. The zero-order chi connectivity index (χ0) is 15.1. The van der Waals surface area contributed by atoms with Gasteiger partial charge in [0.15, 0.2) is 11.5 Å². The summed E-state index contributed by atoms with van der Waals surface area (Å²) in [6.07, 6.45) is -0.651. The standard InChI is InChI=1S/C14H18O6/c1-3-19-11-6-5-9(7-12(11)20-4-2)10(14(17)18)8-13(15)16/h5-7,10H,3-4,8H2,1-2H3,(H,15,16)(H,17,18)/p-2/t10-/m0/s1. The summed E-state index contributed by atoms with van der Waals surface area (Å²) in [6, 6.07) is 4.49. The van der Waals surface area contributed by atoms with Crippen molar-refractivity contribution in [3.63, 3.8) is 0 Å². The smallest absolute Gasteiger partial charge is 0.161 e. The van der Waals surface area contributed by atoms with Crippen molar-refractivity contribution in [2.24, 2.45) is 0 Å². The highest BCUT2D eigenvalue weighted by Crippen LogP contribution is 2.32. The topological polar surface area (TPSA) is 98.7 Å². The van der Waals surface area contributed by atoms with Crippen molar-refractivity contribution < 1.29 is 29.3 Å². The van der Waals surface area contributed by atoms with E-state index in [2.05, 4.69) is 0 Å². The first-order chi connectivity index (χ1) is 9.49. The van der Waals surface area contributed by atoms with Crippen LogP contribution in [0.15, 0.2) is 18.2 Å². The number of carboxylic acids is 2. The van der Waals surface area contributed by atoms with Crippen LogP contribution in [-0.4, -0.2) is 25.2 Å². The van der Waals surface area contributed by atoms with E-state index >= 15 is 0 Å². The predicted octanol–water partition coefficient (Wildman–Crippen LogP) is -0.542. The molecule has 0 unspecified atom stereocenters. The Morgan fingerprint density at radius 1 is 1.10 bits per heavy atom. The maximum absolute atomic E-state index is 11.0. The van der Waals surface area contributed by atoms with Gasteiger partial charge in [0.2, 0.25) is 0 Å². The third-order valence-electron chi connectivity index (χ3n) is 2.63. The molecule has 1 aromatic carbocycles. The van der Waals surface area contributed by atoms with Crippen molar-refractivity contribution in [2.45, 2.75) is 26.2 Å². The molecule has 20 heavy (non-hydrogen) atoms. The number of aliphatic carboxylic acids is 2. The van der Waals surface area contributed by atoms with Crippen LogP contribution in [0.3, 0.4) is 0 Å². The van der Waals surface area contributed by atoms with E-state index in [0.717, 1.165) is 0 Å². The molecule has 0 radical (unpaired) electrons. The van der Waals surface area contributed by atoms with Crippen LogP contribution in [0.25, 0.3) is 0 Å². The number of carbonyl (C=O) groups excluding carboxylic acids is 2. The summed E-state index contributed by atoms with van der Waals surface area (Å²) < 4.78 is 10.7. The van der Waals surface area contributed by atoms with Crippen LogP contribution in [0.2, 0.25) is 0 Å². The Morgan fingerprint density at radius 3 is 2.20 bits per heavy atom. The van der Waals surface area contributed by atoms with E-state index in [1.54, 1.807) is 13.0 Å². The van der Waals surface area contributed by atoms with Gasteiger partial charge in [-0.05, 0) is 38.0 Å². The van der Waals surface area contributed by atoms with Crippen LogP contribution < -0.4 is 19.7 Å². The molecule has 0 aliphatic carbocycles. The molecule has 0 spiro atoms.